The second-order valence-electron chi connectivity index (χ2n) is 14.4. The van der Waals surface area contributed by atoms with Gasteiger partial charge in [-0.2, -0.15) is 0 Å². The van der Waals surface area contributed by atoms with E-state index in [1.807, 2.05) is 48.8 Å². The third-order valence-corrected chi connectivity index (χ3v) is 12.6. The van der Waals surface area contributed by atoms with Crippen molar-refractivity contribution < 1.29 is 24.5 Å². The molecule has 4 aromatic carbocycles. The predicted molar refractivity (Wildman–Crippen MR) is 201 cm³/mol. The molecule has 7 rings (SSSR count). The number of para-hydroxylation sites is 1. The van der Waals surface area contributed by atoms with Gasteiger partial charge in [0.1, 0.15) is 5.58 Å². The van der Waals surface area contributed by atoms with Gasteiger partial charge >= 0.3 is 99.8 Å². The van der Waals surface area contributed by atoms with Crippen molar-refractivity contribution in [2.24, 2.45) is 5.41 Å². The van der Waals surface area contributed by atoms with Gasteiger partial charge in [0.25, 0.3) is 0 Å². The summed E-state index contributed by atoms with van der Waals surface area (Å²) in [5.41, 5.74) is 10.7. The van der Waals surface area contributed by atoms with Gasteiger partial charge in [-0.25, -0.2) is 0 Å². The van der Waals surface area contributed by atoms with Crippen LogP contribution in [0, 0.1) is 24.5 Å². The van der Waals surface area contributed by atoms with E-state index in [9.17, 15) is 0 Å². The smallest absolute Gasteiger partial charge is 0 e. The topological polar surface area (TPSA) is 38.9 Å². The fourth-order valence-electron chi connectivity index (χ4n) is 5.81. The van der Waals surface area contributed by atoms with Gasteiger partial charge < -0.3 is 9.40 Å². The largest absolute Gasteiger partial charge is 0 e. The number of fused-ring (bicyclic) bond motifs is 3. The summed E-state index contributed by atoms with van der Waals surface area (Å²) in [6.45, 7) is 8.94. The van der Waals surface area contributed by atoms with E-state index in [2.05, 4.69) is 129 Å². The first kappa shape index (κ1) is 35.5. The molecule has 0 N–H and O–H groups in total. The zero-order valence-electron chi connectivity index (χ0n) is 28.8. The third kappa shape index (κ3) is 8.06. The molecule has 1 radical (unpaired) electrons. The standard InChI is InChI=1S/C29H26NO.C14H16GeN.Ir/c1-19-18-30-26(16-21(19)17-29(2,3)4)25-15-9-14-24-23-13-8-12-22(27(23)31-28(24)25)20-10-6-5-7-11-20;1-15(2,3)13-9-10-14(16-11-13)12-7-5-4-6-8-12;/h5-14,16,18H,17H2,1-4H3;4-7,9-11H,1-3H3;/q2*-1;. The van der Waals surface area contributed by atoms with Crippen molar-refractivity contribution >= 4 is 39.6 Å². The van der Waals surface area contributed by atoms with Crippen LogP contribution < -0.4 is 4.40 Å². The normalized spacial score (nSPS) is 11.6. The van der Waals surface area contributed by atoms with Crippen molar-refractivity contribution in [2.75, 3.05) is 0 Å². The van der Waals surface area contributed by atoms with Crippen molar-refractivity contribution in [1.82, 2.24) is 9.97 Å². The van der Waals surface area contributed by atoms with E-state index >= 15 is 0 Å². The number of benzene rings is 4. The summed E-state index contributed by atoms with van der Waals surface area (Å²) in [5.74, 6) is 7.14. The van der Waals surface area contributed by atoms with Crippen LogP contribution in [0.1, 0.15) is 31.9 Å². The SMILES string of the molecule is Cc1cnc(-c2[c-]ccc3c2oc2c(-c4ccccc4)cccc23)cc1CC(C)(C)C.[CH3][Ge]([CH3])([CH3])[c]1ccc(-c2[c-]cccc2)nc1.[Ir]. The maximum Gasteiger partial charge on any atom is 0 e. The molecule has 0 atom stereocenters. The van der Waals surface area contributed by atoms with Gasteiger partial charge in [0.2, 0.25) is 0 Å². The van der Waals surface area contributed by atoms with Crippen molar-refractivity contribution in [3.63, 3.8) is 0 Å². The van der Waals surface area contributed by atoms with Crippen LogP contribution in [0.5, 0.6) is 0 Å². The molecule has 0 spiro atoms. The first-order valence-electron chi connectivity index (χ1n) is 16.3. The Labute approximate surface area is 301 Å². The Morgan fingerprint density at radius 3 is 2.10 bits per heavy atom. The molecule has 7 aromatic rings. The number of hydrogen-bond acceptors (Lipinski definition) is 3. The first-order chi connectivity index (χ1) is 22.5. The van der Waals surface area contributed by atoms with E-state index in [4.69, 9.17) is 9.40 Å². The summed E-state index contributed by atoms with van der Waals surface area (Å²) in [6, 6.07) is 41.9. The van der Waals surface area contributed by atoms with Crippen LogP contribution in [-0.4, -0.2) is 23.2 Å². The number of nitrogens with zero attached hydrogens (tertiary/aromatic N) is 2. The average molecular weight is 868 g/mol. The number of aryl methyl sites for hydroxylation is 1. The van der Waals surface area contributed by atoms with Crippen molar-refractivity contribution in [2.45, 2.75) is 51.4 Å². The van der Waals surface area contributed by atoms with Crippen molar-refractivity contribution in [1.29, 1.82) is 0 Å². The number of pyridine rings is 2. The molecule has 0 fully saturated rings. The molecule has 0 saturated heterocycles. The summed E-state index contributed by atoms with van der Waals surface area (Å²) in [7, 11) is 0. The molecule has 0 aliphatic carbocycles. The molecule has 0 bridgehead atoms. The molecule has 3 heterocycles. The van der Waals surface area contributed by atoms with Crippen molar-refractivity contribution in [3.8, 4) is 33.6 Å². The Hall–Kier alpha value is -3.83. The summed E-state index contributed by atoms with van der Waals surface area (Å²) in [5, 5.41) is 2.22. The van der Waals surface area contributed by atoms with Gasteiger partial charge in [0.15, 0.2) is 0 Å². The number of hydrogen-bond donors (Lipinski definition) is 0. The fraction of sp³-hybridized carbons (Fsp3) is 0.209. The summed E-state index contributed by atoms with van der Waals surface area (Å²) in [6.07, 6.45) is 5.01. The second kappa shape index (κ2) is 14.7. The van der Waals surface area contributed by atoms with Gasteiger partial charge in [0, 0.05) is 37.3 Å². The molecule has 48 heavy (non-hydrogen) atoms. The van der Waals surface area contributed by atoms with E-state index in [0.717, 1.165) is 62.0 Å². The van der Waals surface area contributed by atoms with Crippen LogP contribution in [0.2, 0.25) is 17.3 Å². The van der Waals surface area contributed by atoms with Crippen LogP contribution in [0.4, 0.5) is 0 Å². The second-order valence-corrected chi connectivity index (χ2v) is 25.1. The van der Waals surface area contributed by atoms with E-state index in [0.29, 0.717) is 0 Å². The quantitative estimate of drug-likeness (QED) is 0.128. The maximum absolute atomic E-state index is 6.52. The molecule has 0 amide bonds. The molecule has 0 saturated carbocycles. The minimum atomic E-state index is -1.72. The Morgan fingerprint density at radius 2 is 1.44 bits per heavy atom. The van der Waals surface area contributed by atoms with Crippen LogP contribution in [0.15, 0.2) is 120 Å². The van der Waals surface area contributed by atoms with Gasteiger partial charge in [-0.05, 0) is 35.6 Å². The van der Waals surface area contributed by atoms with E-state index in [1.54, 1.807) is 0 Å². The summed E-state index contributed by atoms with van der Waals surface area (Å²) < 4.78 is 7.97. The summed E-state index contributed by atoms with van der Waals surface area (Å²) in [4.78, 5) is 9.28. The molecular weight excluding hydrogens is 825 g/mol. The molecular formula is C43H42GeIrN2O-2. The van der Waals surface area contributed by atoms with Gasteiger partial charge in [0.05, 0.1) is 5.58 Å². The molecule has 245 valence electrons. The van der Waals surface area contributed by atoms with Gasteiger partial charge in [-0.15, -0.1) is 18.2 Å². The zero-order valence-corrected chi connectivity index (χ0v) is 33.3. The minimum absolute atomic E-state index is 0. The van der Waals surface area contributed by atoms with E-state index in [1.165, 1.54) is 15.5 Å². The average Bonchev–Trinajstić information content (AvgIpc) is 3.45. The Kier molecular flexibility index (Phi) is 10.9. The Balaban J connectivity index is 0.000000224. The third-order valence-electron chi connectivity index (χ3n) is 8.35. The molecule has 0 aliphatic rings. The van der Waals surface area contributed by atoms with Gasteiger partial charge in [-0.3, -0.25) is 0 Å². The Morgan fingerprint density at radius 1 is 0.708 bits per heavy atom. The minimum Gasteiger partial charge on any atom is 0 e. The van der Waals surface area contributed by atoms with E-state index in [-0.39, 0.29) is 25.5 Å². The molecule has 0 unspecified atom stereocenters. The monoisotopic (exact) mass is 869 g/mol. The van der Waals surface area contributed by atoms with Crippen LogP contribution in [-0.2, 0) is 26.5 Å². The number of aromatic nitrogens is 2. The molecule has 3 aromatic heterocycles. The maximum atomic E-state index is 6.52. The number of furan rings is 1. The summed E-state index contributed by atoms with van der Waals surface area (Å²) >= 11 is -1.72. The zero-order chi connectivity index (χ0) is 33.2. The number of rotatable bonds is 5. The van der Waals surface area contributed by atoms with Crippen LogP contribution in [0.25, 0.3) is 55.6 Å². The van der Waals surface area contributed by atoms with E-state index < -0.39 is 13.3 Å². The predicted octanol–water partition coefficient (Wildman–Crippen LogP) is 11.1. The molecule has 5 heteroatoms. The Bertz CT molecular complexity index is 2130. The van der Waals surface area contributed by atoms with Crippen LogP contribution in [0.3, 0.4) is 0 Å². The molecule has 3 nitrogen and oxygen atoms in total. The fourth-order valence-corrected chi connectivity index (χ4v) is 7.98. The van der Waals surface area contributed by atoms with Crippen LogP contribution >= 0.6 is 0 Å². The van der Waals surface area contributed by atoms with Crippen molar-refractivity contribution in [3.05, 3.63) is 139 Å². The van der Waals surface area contributed by atoms with Gasteiger partial charge in [-0.1, -0.05) is 91.9 Å². The first-order valence-corrected chi connectivity index (χ1v) is 23.6. The molecule has 0 aliphatic heterocycles.